The zero-order chi connectivity index (χ0) is 35.1. The lowest BCUT2D eigenvalue weighted by Crippen LogP contribution is -2.57. The summed E-state index contributed by atoms with van der Waals surface area (Å²) in [7, 11) is 7.41. The van der Waals surface area contributed by atoms with Gasteiger partial charge in [0.15, 0.2) is 0 Å². The van der Waals surface area contributed by atoms with E-state index in [-0.39, 0.29) is 0 Å². The lowest BCUT2D eigenvalue weighted by molar-refractivity contribution is -0.205. The van der Waals surface area contributed by atoms with E-state index in [1.54, 1.807) is 0 Å². The minimum absolute atomic E-state index is 0.426. The summed E-state index contributed by atoms with van der Waals surface area (Å²) >= 11 is 0. The van der Waals surface area contributed by atoms with Gasteiger partial charge in [0.05, 0.1) is 19.8 Å². The van der Waals surface area contributed by atoms with Crippen LogP contribution in [0.15, 0.2) is 18.2 Å². The molecule has 3 aliphatic rings. The highest BCUT2D eigenvalue weighted by Crippen LogP contribution is 2.41. The van der Waals surface area contributed by atoms with Gasteiger partial charge in [-0.2, -0.15) is 0 Å². The minimum Gasteiger partial charge on any atom is -0.394 e. The van der Waals surface area contributed by atoms with Crippen molar-refractivity contribution >= 4 is 64.8 Å². The van der Waals surface area contributed by atoms with Crippen molar-refractivity contribution in [3.8, 4) is 0 Å². The predicted molar refractivity (Wildman–Crippen MR) is 184 cm³/mol. The van der Waals surface area contributed by atoms with Crippen LogP contribution in [-0.2, 0) is 31.5 Å². The molecule has 276 valence electrons. The van der Waals surface area contributed by atoms with Crippen LogP contribution in [0.3, 0.4) is 0 Å². The van der Waals surface area contributed by atoms with Gasteiger partial charge >= 0.3 is 0 Å². The summed E-state index contributed by atoms with van der Waals surface area (Å²) in [5.74, 6) is 1.28. The van der Waals surface area contributed by atoms with E-state index < -0.39 is 109 Å². The molecule has 0 unspecified atom stereocenters. The summed E-state index contributed by atoms with van der Waals surface area (Å²) in [6, 6.07) is 5.84. The Morgan fingerprint density at radius 2 is 0.646 bits per heavy atom. The number of ether oxygens (including phenoxy) is 3. The fourth-order valence-corrected chi connectivity index (χ4v) is 12.4. The van der Waals surface area contributed by atoms with Crippen molar-refractivity contribution in [2.75, 3.05) is 19.8 Å². The number of benzene rings is 1. The van der Waals surface area contributed by atoms with Crippen LogP contribution in [0.1, 0.15) is 16.7 Å². The molecule has 15 nitrogen and oxygen atoms in total. The molecule has 1 aromatic carbocycles. The molecule has 15 atom stereocenters. The van der Waals surface area contributed by atoms with Crippen LogP contribution in [0.25, 0.3) is 0 Å². The van der Waals surface area contributed by atoms with Gasteiger partial charge in [-0.15, -0.1) is 0 Å². The number of hydrogen-bond donors (Lipinski definition) is 12. The molecule has 0 saturated carbocycles. The molecule has 0 aromatic heterocycles. The Labute approximate surface area is 300 Å². The molecule has 0 radical (unpaired) electrons. The van der Waals surface area contributed by atoms with Gasteiger partial charge in [0, 0.05) is 17.3 Å². The van der Waals surface area contributed by atoms with Crippen LogP contribution in [0.2, 0.25) is 0 Å². The summed E-state index contributed by atoms with van der Waals surface area (Å²) in [6.07, 6.45) is -16.0. The van der Waals surface area contributed by atoms with Crippen LogP contribution in [-0.4, -0.2) is 171 Å². The second kappa shape index (κ2) is 19.7. The summed E-state index contributed by atoms with van der Waals surface area (Å²) in [4.78, 5) is 0. The van der Waals surface area contributed by atoms with E-state index >= 15 is 0 Å². The van der Waals surface area contributed by atoms with Gasteiger partial charge < -0.3 is 75.5 Å². The van der Waals surface area contributed by atoms with Gasteiger partial charge in [-0.05, 0) is 16.7 Å². The second-order valence-electron chi connectivity index (χ2n) is 11.3. The molecule has 1 aromatic rings. The SMILES string of the molecule is OC[C@H]1O[C@@H](SSCc2cc(CSS[C@@H]3O[C@H](CO)[C@H](O)[C@H](O)[C@H]3O)cc(CSS[C@@H]3O[C@H](CO)[C@H](O)[C@H](O)[C@H]3O)c2)[C@H](O)[C@@H](O)[C@H]1O. The van der Waals surface area contributed by atoms with Crippen LogP contribution < -0.4 is 0 Å². The van der Waals surface area contributed by atoms with Crippen LogP contribution in [0, 0.1) is 0 Å². The minimum atomic E-state index is -1.49. The second-order valence-corrected chi connectivity index (χ2v) is 18.7. The first-order valence-corrected chi connectivity index (χ1v) is 21.9. The average molecular weight is 799 g/mol. The average Bonchev–Trinajstić information content (AvgIpc) is 3.08. The van der Waals surface area contributed by atoms with Gasteiger partial charge in [-0.3, -0.25) is 0 Å². The largest absolute Gasteiger partial charge is 0.394 e. The van der Waals surface area contributed by atoms with Crippen LogP contribution in [0.4, 0.5) is 0 Å². The van der Waals surface area contributed by atoms with Crippen molar-refractivity contribution in [3.05, 3.63) is 34.9 Å². The Balaban J connectivity index is 1.40. The molecule has 3 aliphatic heterocycles. The molecule has 0 bridgehead atoms. The number of rotatable bonds is 15. The lowest BCUT2D eigenvalue weighted by Gasteiger charge is -2.39. The smallest absolute Gasteiger partial charge is 0.142 e. The Hall–Kier alpha value is 0.720. The molecule has 0 spiro atoms. The van der Waals surface area contributed by atoms with E-state index in [4.69, 9.17) is 14.2 Å². The topological polar surface area (TPSA) is 270 Å². The Morgan fingerprint density at radius 3 is 0.875 bits per heavy atom. The summed E-state index contributed by atoms with van der Waals surface area (Å²) in [6.45, 7) is -1.60. The van der Waals surface area contributed by atoms with Crippen molar-refractivity contribution in [2.45, 2.75) is 107 Å². The molecule has 4 rings (SSSR count). The van der Waals surface area contributed by atoms with Crippen molar-refractivity contribution in [1.82, 2.24) is 0 Å². The highest BCUT2D eigenvalue weighted by atomic mass is 33.1. The zero-order valence-corrected chi connectivity index (χ0v) is 30.1. The fourth-order valence-electron chi connectivity index (χ4n) is 5.04. The predicted octanol–water partition coefficient (Wildman–Crippen LogP) is -2.27. The number of hydrogen-bond acceptors (Lipinski definition) is 21. The zero-order valence-electron chi connectivity index (χ0n) is 25.2. The highest BCUT2D eigenvalue weighted by Gasteiger charge is 2.46. The highest BCUT2D eigenvalue weighted by molar-refractivity contribution is 8.77. The first-order chi connectivity index (χ1) is 22.9. The van der Waals surface area contributed by atoms with E-state index in [0.717, 1.165) is 49.1 Å². The molecule has 3 heterocycles. The molecular weight excluding hydrogens is 757 g/mol. The standard InChI is InChI=1S/C27H42O15S6/c28-4-13-16(31)19(34)22(37)25(40-13)46-43-7-10-1-11(8-44-47-26-23(38)20(35)17(32)14(5-29)41-26)3-12(2-10)9-45-48-27-24(39)21(36)18(33)15(6-30)42-27/h1-3,13-39H,4-9H2/t13-,14-,15-,16+,17+,18+,19+,20+,21+,22-,23-,24-,25+,26+,27+/m1/s1. The third-order valence-electron chi connectivity index (χ3n) is 7.82. The van der Waals surface area contributed by atoms with Gasteiger partial charge in [-0.1, -0.05) is 83.0 Å². The third kappa shape index (κ3) is 10.4. The summed E-state index contributed by atoms with van der Waals surface area (Å²) in [5, 5.41) is 120. The Bertz CT molecular complexity index is 982. The first-order valence-electron chi connectivity index (χ1n) is 14.8. The Kier molecular flexibility index (Phi) is 17.0. The van der Waals surface area contributed by atoms with Gasteiger partial charge in [-0.25, -0.2) is 0 Å². The van der Waals surface area contributed by atoms with E-state index in [2.05, 4.69) is 0 Å². The first kappa shape index (κ1) is 41.5. The summed E-state index contributed by atoms with van der Waals surface area (Å²) in [5.41, 5.74) is -0.109. The maximum absolute atomic E-state index is 10.4. The third-order valence-corrected chi connectivity index (χ3v) is 15.3. The number of aliphatic hydroxyl groups is 12. The maximum atomic E-state index is 10.4. The fraction of sp³-hybridized carbons (Fsp3) is 0.778. The van der Waals surface area contributed by atoms with Gasteiger partial charge in [0.2, 0.25) is 0 Å². The van der Waals surface area contributed by atoms with Crippen LogP contribution >= 0.6 is 64.8 Å². The molecule has 3 fully saturated rings. The van der Waals surface area contributed by atoms with E-state index in [0.29, 0.717) is 17.3 Å². The van der Waals surface area contributed by atoms with Crippen molar-refractivity contribution in [2.24, 2.45) is 0 Å². The van der Waals surface area contributed by atoms with E-state index in [1.807, 2.05) is 18.2 Å². The van der Waals surface area contributed by atoms with E-state index in [9.17, 15) is 61.3 Å². The lowest BCUT2D eigenvalue weighted by atomic mass is 10.0. The van der Waals surface area contributed by atoms with Crippen molar-refractivity contribution < 1.29 is 75.5 Å². The Morgan fingerprint density at radius 1 is 0.396 bits per heavy atom. The van der Waals surface area contributed by atoms with Gasteiger partial charge in [0.25, 0.3) is 0 Å². The normalized spacial score (nSPS) is 40.6. The maximum Gasteiger partial charge on any atom is 0.142 e. The molecular formula is C27H42O15S6. The van der Waals surface area contributed by atoms with Gasteiger partial charge in [0.1, 0.15) is 89.6 Å². The molecule has 0 amide bonds. The van der Waals surface area contributed by atoms with Crippen molar-refractivity contribution in [3.63, 3.8) is 0 Å². The number of aliphatic hydroxyl groups excluding tert-OH is 12. The monoisotopic (exact) mass is 798 g/mol. The molecule has 3 saturated heterocycles. The molecule has 12 N–H and O–H groups in total. The quantitative estimate of drug-likeness (QED) is 0.0835. The molecule has 21 heteroatoms. The molecule has 48 heavy (non-hydrogen) atoms. The molecule has 0 aliphatic carbocycles. The van der Waals surface area contributed by atoms with Crippen LogP contribution in [0.5, 0.6) is 0 Å². The summed E-state index contributed by atoms with van der Waals surface area (Å²) < 4.78 is 16.7. The van der Waals surface area contributed by atoms with Crippen molar-refractivity contribution in [1.29, 1.82) is 0 Å². The van der Waals surface area contributed by atoms with E-state index in [1.165, 1.54) is 32.4 Å².